The van der Waals surface area contributed by atoms with Crippen molar-refractivity contribution >= 4 is 35.4 Å². The van der Waals surface area contributed by atoms with Crippen LogP contribution >= 0.6 is 0 Å². The van der Waals surface area contributed by atoms with Crippen molar-refractivity contribution in [3.05, 3.63) is 65.0 Å². The molecule has 1 aliphatic rings. The molecule has 2 heterocycles. The zero-order valence-electron chi connectivity index (χ0n) is 25.4. The number of nitrogens with two attached hydrogens (primary N) is 2. The first-order valence-electron chi connectivity index (χ1n) is 13.5. The Labute approximate surface area is 243 Å². The highest BCUT2D eigenvalue weighted by Crippen LogP contribution is 2.30. The Balaban J connectivity index is 0.00000187. The smallest absolute Gasteiger partial charge is 0.267 e. The van der Waals surface area contributed by atoms with E-state index in [-0.39, 0.29) is 41.9 Å². The third kappa shape index (κ3) is 8.54. The summed E-state index contributed by atoms with van der Waals surface area (Å²) in [6.07, 6.45) is 1.84. The second-order valence-electron chi connectivity index (χ2n) is 10.6. The molecule has 1 aromatic carbocycles. The molecule has 1 aromatic heterocycles. The van der Waals surface area contributed by atoms with Crippen LogP contribution in [0.4, 0.5) is 11.5 Å². The lowest BCUT2D eigenvalue weighted by Gasteiger charge is -2.41. The third-order valence-electron chi connectivity index (χ3n) is 6.63. The van der Waals surface area contributed by atoms with Gasteiger partial charge in [0.2, 0.25) is 6.41 Å². The fraction of sp³-hybridized carbons (Fsp3) is 0.433. The maximum Gasteiger partial charge on any atom is 0.267 e. The summed E-state index contributed by atoms with van der Waals surface area (Å²) in [5.74, 6) is 0.315. The van der Waals surface area contributed by atoms with E-state index in [2.05, 4.69) is 27.9 Å². The van der Waals surface area contributed by atoms with Crippen molar-refractivity contribution in [2.45, 2.75) is 46.3 Å². The molecule has 1 aliphatic heterocycles. The van der Waals surface area contributed by atoms with Gasteiger partial charge < -0.3 is 31.5 Å². The van der Waals surface area contributed by atoms with Crippen LogP contribution in [0.2, 0.25) is 0 Å². The normalized spacial score (nSPS) is 18.8. The second-order valence-corrected chi connectivity index (χ2v) is 10.6. The van der Waals surface area contributed by atoms with Crippen molar-refractivity contribution < 1.29 is 14.4 Å². The average molecular weight is 565 g/mol. The molecular formula is C30H44N8O3. The first-order valence-corrected chi connectivity index (χ1v) is 13.5. The van der Waals surface area contributed by atoms with E-state index in [1.807, 2.05) is 70.1 Å². The zero-order chi connectivity index (χ0) is 30.9. The van der Waals surface area contributed by atoms with Crippen molar-refractivity contribution in [2.75, 3.05) is 44.5 Å². The summed E-state index contributed by atoms with van der Waals surface area (Å²) >= 11 is 0. The molecule has 0 spiro atoms. The van der Waals surface area contributed by atoms with Crippen LogP contribution in [0, 0.1) is 5.92 Å². The standard InChI is InChI=1S/C29H41N7O2.CH3NO/c1-18(2)33-27-19(3)17-36(24-14-11-22(16-31-24)29(38)35(7)8)20(4)25(27)26(30)28(37)32-15-21-9-12-23(13-10-21)34(5)6;2-1-3/h9-14,16,18-20H,15,17,30H2,1-8H3,(H,32,37);1H,(H2,2,3)/b26-25-,33-27?;/t19?,20-;/m1./s1. The molecule has 1 saturated heterocycles. The Kier molecular flexibility index (Phi) is 11.9. The summed E-state index contributed by atoms with van der Waals surface area (Å²) in [5, 5.41) is 2.97. The van der Waals surface area contributed by atoms with Gasteiger partial charge in [0, 0.05) is 76.4 Å². The Morgan fingerprint density at radius 3 is 2.22 bits per heavy atom. The van der Waals surface area contributed by atoms with E-state index in [0.717, 1.165) is 22.8 Å². The van der Waals surface area contributed by atoms with Gasteiger partial charge in [-0.05, 0) is 50.6 Å². The molecule has 0 radical (unpaired) electrons. The SMILES string of the molecule is CC(C)N=C1/C(=C(\N)C(=O)NCc2ccc(N(C)C)cc2)[C@@H](C)N(c2ccc(C(=O)N(C)C)cn2)CC1C.NC=O. The Hall–Kier alpha value is -4.41. The highest BCUT2D eigenvalue weighted by Gasteiger charge is 2.36. The van der Waals surface area contributed by atoms with Crippen LogP contribution in [0.5, 0.6) is 0 Å². The first-order chi connectivity index (χ1) is 19.3. The van der Waals surface area contributed by atoms with Crippen LogP contribution in [-0.4, -0.2) is 80.6 Å². The molecule has 11 nitrogen and oxygen atoms in total. The monoisotopic (exact) mass is 564 g/mol. The number of primary amides is 1. The number of aromatic nitrogens is 1. The summed E-state index contributed by atoms with van der Waals surface area (Å²) < 4.78 is 0. The minimum absolute atomic E-state index is 0.0263. The number of nitrogens with zero attached hydrogens (tertiary/aromatic N) is 5. The first kappa shape index (κ1) is 32.8. The maximum atomic E-state index is 13.3. The number of amides is 3. The molecule has 1 unspecified atom stereocenters. The van der Waals surface area contributed by atoms with E-state index >= 15 is 0 Å². The fourth-order valence-corrected chi connectivity index (χ4v) is 4.56. The minimum atomic E-state index is -0.325. The van der Waals surface area contributed by atoms with Gasteiger partial charge in [-0.1, -0.05) is 19.1 Å². The number of carbonyl (C=O) groups excluding carboxylic acids is 3. The Bertz CT molecular complexity index is 1250. The number of aliphatic imine (C=N–C) groups is 1. The summed E-state index contributed by atoms with van der Waals surface area (Å²) in [6.45, 7) is 9.17. The van der Waals surface area contributed by atoms with Crippen molar-refractivity contribution in [3.63, 3.8) is 0 Å². The van der Waals surface area contributed by atoms with Crippen LogP contribution in [0.3, 0.4) is 0 Å². The highest BCUT2D eigenvalue weighted by molar-refractivity contribution is 6.11. The molecule has 1 fully saturated rings. The number of hydrogen-bond donors (Lipinski definition) is 3. The number of piperidine rings is 1. The van der Waals surface area contributed by atoms with Crippen LogP contribution in [0.1, 0.15) is 43.6 Å². The van der Waals surface area contributed by atoms with Crippen LogP contribution in [0.25, 0.3) is 0 Å². The molecule has 5 N–H and O–H groups in total. The highest BCUT2D eigenvalue weighted by atomic mass is 16.2. The van der Waals surface area contributed by atoms with Gasteiger partial charge in [0.1, 0.15) is 11.5 Å². The van der Waals surface area contributed by atoms with Gasteiger partial charge in [-0.3, -0.25) is 19.4 Å². The molecule has 3 rings (SSSR count). The van der Waals surface area contributed by atoms with E-state index in [4.69, 9.17) is 15.5 Å². The molecule has 0 aliphatic carbocycles. The van der Waals surface area contributed by atoms with Gasteiger partial charge in [-0.25, -0.2) is 4.98 Å². The molecule has 0 saturated carbocycles. The Morgan fingerprint density at radius 2 is 1.73 bits per heavy atom. The molecule has 2 aromatic rings. The summed E-state index contributed by atoms with van der Waals surface area (Å²) in [6, 6.07) is 11.5. The number of carbonyl (C=O) groups is 3. The largest absolute Gasteiger partial charge is 0.394 e. The number of nitrogens with one attached hydrogen (secondary N) is 1. The van der Waals surface area contributed by atoms with Crippen LogP contribution < -0.4 is 26.6 Å². The van der Waals surface area contributed by atoms with E-state index < -0.39 is 0 Å². The van der Waals surface area contributed by atoms with E-state index in [9.17, 15) is 9.59 Å². The number of anilines is 2. The molecule has 11 heteroatoms. The van der Waals surface area contributed by atoms with E-state index in [0.29, 0.717) is 24.2 Å². The number of rotatable bonds is 7. The van der Waals surface area contributed by atoms with Gasteiger partial charge in [0.05, 0.1) is 11.6 Å². The predicted octanol–water partition coefficient (Wildman–Crippen LogP) is 2.17. The average Bonchev–Trinajstić information content (AvgIpc) is 2.93. The van der Waals surface area contributed by atoms with Crippen LogP contribution in [-0.2, 0) is 16.1 Å². The maximum absolute atomic E-state index is 13.3. The van der Waals surface area contributed by atoms with Crippen molar-refractivity contribution in [1.82, 2.24) is 15.2 Å². The number of pyridine rings is 1. The van der Waals surface area contributed by atoms with Crippen LogP contribution in [0.15, 0.2) is 58.9 Å². The number of hydrogen-bond acceptors (Lipinski definition) is 8. The van der Waals surface area contributed by atoms with Gasteiger partial charge in [0.15, 0.2) is 0 Å². The van der Waals surface area contributed by atoms with Gasteiger partial charge in [-0.15, -0.1) is 0 Å². The van der Waals surface area contributed by atoms with E-state index in [1.165, 1.54) is 4.90 Å². The summed E-state index contributed by atoms with van der Waals surface area (Å²) in [5.41, 5.74) is 15.1. The van der Waals surface area contributed by atoms with Crippen molar-refractivity contribution in [2.24, 2.45) is 22.4 Å². The van der Waals surface area contributed by atoms with Gasteiger partial charge in [-0.2, -0.15) is 0 Å². The zero-order valence-corrected chi connectivity index (χ0v) is 25.4. The minimum Gasteiger partial charge on any atom is -0.394 e. The molecule has 3 amide bonds. The third-order valence-corrected chi connectivity index (χ3v) is 6.63. The number of benzene rings is 1. The summed E-state index contributed by atoms with van der Waals surface area (Å²) in [7, 11) is 7.40. The molecule has 222 valence electrons. The second kappa shape index (κ2) is 14.8. The summed E-state index contributed by atoms with van der Waals surface area (Å²) in [4.78, 5) is 49.3. The lowest BCUT2D eigenvalue weighted by atomic mass is 9.85. The van der Waals surface area contributed by atoms with Crippen molar-refractivity contribution in [3.8, 4) is 0 Å². The van der Waals surface area contributed by atoms with Crippen molar-refractivity contribution in [1.29, 1.82) is 0 Å². The molecule has 0 bridgehead atoms. The fourth-order valence-electron chi connectivity index (χ4n) is 4.56. The molecular weight excluding hydrogens is 520 g/mol. The van der Waals surface area contributed by atoms with E-state index in [1.54, 1.807) is 26.4 Å². The Morgan fingerprint density at radius 1 is 1.12 bits per heavy atom. The molecule has 2 atom stereocenters. The predicted molar refractivity (Wildman–Crippen MR) is 165 cm³/mol. The molecule has 41 heavy (non-hydrogen) atoms. The van der Waals surface area contributed by atoms with Gasteiger partial charge >= 0.3 is 0 Å². The lowest BCUT2D eigenvalue weighted by molar-refractivity contribution is -0.117. The van der Waals surface area contributed by atoms with Gasteiger partial charge in [0.25, 0.3) is 11.8 Å². The topological polar surface area (TPSA) is 150 Å². The lowest BCUT2D eigenvalue weighted by Crippen LogP contribution is -2.50. The quantitative estimate of drug-likeness (QED) is 0.344.